The summed E-state index contributed by atoms with van der Waals surface area (Å²) in [6, 6.07) is 3.94. The zero-order chi connectivity index (χ0) is 8.27. The molecule has 0 nitrogen and oxygen atoms in total. The lowest BCUT2D eigenvalue weighted by atomic mass is 10.3. The van der Waals surface area contributed by atoms with Gasteiger partial charge in [-0.05, 0) is 25.1 Å². The first-order valence-electron chi connectivity index (χ1n) is 3.21. The van der Waals surface area contributed by atoms with Crippen LogP contribution in [-0.4, -0.2) is 5.33 Å². The first kappa shape index (κ1) is 9.30. The van der Waals surface area contributed by atoms with E-state index in [-0.39, 0.29) is 0 Å². The van der Waals surface area contributed by atoms with Crippen LogP contribution in [0.5, 0.6) is 0 Å². The molecule has 0 radical (unpaired) electrons. The molecule has 0 saturated heterocycles. The highest BCUT2D eigenvalue weighted by molar-refractivity contribution is 9.09. The highest BCUT2D eigenvalue weighted by atomic mass is 79.9. The minimum atomic E-state index is 0.846. The minimum Gasteiger partial charge on any atom is -0.124 e. The molecule has 0 amide bonds. The van der Waals surface area contributed by atoms with Crippen LogP contribution < -0.4 is 0 Å². The second kappa shape index (κ2) is 4.29. The van der Waals surface area contributed by atoms with Gasteiger partial charge in [-0.25, -0.2) is 0 Å². The van der Waals surface area contributed by atoms with Gasteiger partial charge in [0.25, 0.3) is 0 Å². The third-order valence-corrected chi connectivity index (χ3v) is 3.26. The standard InChI is InChI=1S/C8H8BrClS/c1-6(5-9)4-7-2-3-8(10)11-7/h2-4H,5H2,1H3. The zero-order valence-corrected chi connectivity index (χ0v) is 9.26. The van der Waals surface area contributed by atoms with E-state index in [1.807, 2.05) is 12.1 Å². The average Bonchev–Trinajstić information content (AvgIpc) is 2.35. The molecule has 0 unspecified atom stereocenters. The number of thiophene rings is 1. The molecule has 0 spiro atoms. The molecule has 0 aliphatic carbocycles. The fraction of sp³-hybridized carbons (Fsp3) is 0.250. The Morgan fingerprint density at radius 1 is 1.73 bits per heavy atom. The van der Waals surface area contributed by atoms with Crippen molar-refractivity contribution in [2.24, 2.45) is 0 Å². The van der Waals surface area contributed by atoms with Crippen molar-refractivity contribution in [2.45, 2.75) is 6.92 Å². The Morgan fingerprint density at radius 2 is 2.45 bits per heavy atom. The van der Waals surface area contributed by atoms with Crippen LogP contribution in [0.25, 0.3) is 6.08 Å². The van der Waals surface area contributed by atoms with Gasteiger partial charge in [0.2, 0.25) is 0 Å². The van der Waals surface area contributed by atoms with E-state index in [9.17, 15) is 0 Å². The largest absolute Gasteiger partial charge is 0.124 e. The number of halogens is 2. The SMILES string of the molecule is CC(=Cc1ccc(Cl)s1)CBr. The summed E-state index contributed by atoms with van der Waals surface area (Å²) in [7, 11) is 0. The van der Waals surface area contributed by atoms with Gasteiger partial charge in [-0.1, -0.05) is 33.1 Å². The lowest BCUT2D eigenvalue weighted by Crippen LogP contribution is -1.72. The first-order chi connectivity index (χ1) is 5.22. The Balaban J connectivity index is 2.78. The van der Waals surface area contributed by atoms with Crippen molar-refractivity contribution >= 4 is 44.9 Å². The molecule has 0 aliphatic rings. The fourth-order valence-electron chi connectivity index (χ4n) is 0.687. The molecule has 60 valence electrons. The van der Waals surface area contributed by atoms with E-state index in [1.54, 1.807) is 11.3 Å². The Bertz CT molecular complexity index is 265. The molecule has 0 saturated carbocycles. The van der Waals surface area contributed by atoms with Crippen LogP contribution in [0.4, 0.5) is 0 Å². The van der Waals surface area contributed by atoms with Crippen molar-refractivity contribution in [3.05, 3.63) is 26.9 Å². The lowest BCUT2D eigenvalue weighted by molar-refractivity contribution is 1.46. The molecule has 11 heavy (non-hydrogen) atoms. The van der Waals surface area contributed by atoms with Crippen LogP contribution in [0.1, 0.15) is 11.8 Å². The zero-order valence-electron chi connectivity index (χ0n) is 6.10. The van der Waals surface area contributed by atoms with Gasteiger partial charge >= 0.3 is 0 Å². The lowest BCUT2D eigenvalue weighted by Gasteiger charge is -1.89. The van der Waals surface area contributed by atoms with E-state index in [1.165, 1.54) is 10.5 Å². The number of allylic oxidation sites excluding steroid dienone is 1. The van der Waals surface area contributed by atoms with E-state index >= 15 is 0 Å². The Kier molecular flexibility index (Phi) is 3.63. The fourth-order valence-corrected chi connectivity index (χ4v) is 1.94. The predicted octanol–water partition coefficient (Wildman–Crippen LogP) is 4.20. The topological polar surface area (TPSA) is 0 Å². The number of hydrogen-bond donors (Lipinski definition) is 0. The van der Waals surface area contributed by atoms with Crippen molar-refractivity contribution in [2.75, 3.05) is 5.33 Å². The molecule has 1 heterocycles. The molecule has 0 atom stereocenters. The summed E-state index contributed by atoms with van der Waals surface area (Å²) in [6.07, 6.45) is 2.13. The summed E-state index contributed by atoms with van der Waals surface area (Å²) in [6.45, 7) is 2.09. The molecule has 0 bridgehead atoms. The highest BCUT2D eigenvalue weighted by Gasteiger charge is 1.93. The second-order valence-electron chi connectivity index (χ2n) is 2.27. The van der Waals surface area contributed by atoms with Crippen LogP contribution in [-0.2, 0) is 0 Å². The quantitative estimate of drug-likeness (QED) is 0.691. The Hall–Kier alpha value is 0.210. The molecule has 1 rings (SSSR count). The number of alkyl halides is 1. The van der Waals surface area contributed by atoms with E-state index < -0.39 is 0 Å². The minimum absolute atomic E-state index is 0.846. The van der Waals surface area contributed by atoms with Crippen molar-refractivity contribution in [3.63, 3.8) is 0 Å². The van der Waals surface area contributed by atoms with Crippen LogP contribution in [0, 0.1) is 0 Å². The molecule has 0 N–H and O–H groups in total. The molecule has 3 heteroatoms. The maximum absolute atomic E-state index is 5.76. The molecule has 0 aliphatic heterocycles. The highest BCUT2D eigenvalue weighted by Crippen LogP contribution is 2.23. The molecular formula is C8H8BrClS. The summed E-state index contributed by atoms with van der Waals surface area (Å²) in [4.78, 5) is 1.21. The average molecular weight is 252 g/mol. The van der Waals surface area contributed by atoms with Crippen molar-refractivity contribution in [1.82, 2.24) is 0 Å². The van der Waals surface area contributed by atoms with E-state index in [2.05, 4.69) is 28.9 Å². The molecule has 0 fully saturated rings. The predicted molar refractivity (Wildman–Crippen MR) is 56.8 cm³/mol. The summed E-state index contributed by atoms with van der Waals surface area (Å²) in [5, 5.41) is 0.919. The summed E-state index contributed by atoms with van der Waals surface area (Å²) in [5.41, 5.74) is 1.31. The molecule has 0 aromatic carbocycles. The van der Waals surface area contributed by atoms with Gasteiger partial charge in [-0.15, -0.1) is 11.3 Å². The Labute approximate surface area is 84.0 Å². The monoisotopic (exact) mass is 250 g/mol. The van der Waals surface area contributed by atoms with Gasteiger partial charge in [-0.3, -0.25) is 0 Å². The van der Waals surface area contributed by atoms with E-state index in [0.717, 1.165) is 9.67 Å². The van der Waals surface area contributed by atoms with Crippen LogP contribution >= 0.6 is 38.9 Å². The van der Waals surface area contributed by atoms with Gasteiger partial charge < -0.3 is 0 Å². The van der Waals surface area contributed by atoms with Gasteiger partial charge in [0, 0.05) is 10.2 Å². The van der Waals surface area contributed by atoms with Gasteiger partial charge in [0.05, 0.1) is 4.34 Å². The summed E-state index contributed by atoms with van der Waals surface area (Å²) < 4.78 is 0.846. The maximum atomic E-state index is 5.76. The second-order valence-corrected chi connectivity index (χ2v) is 4.57. The Morgan fingerprint density at radius 3 is 2.91 bits per heavy atom. The normalized spacial score (nSPS) is 12.1. The van der Waals surface area contributed by atoms with Crippen molar-refractivity contribution in [3.8, 4) is 0 Å². The molecule has 1 aromatic rings. The van der Waals surface area contributed by atoms with Gasteiger partial charge in [0.1, 0.15) is 0 Å². The summed E-state index contributed by atoms with van der Waals surface area (Å²) >= 11 is 10.7. The first-order valence-corrected chi connectivity index (χ1v) is 5.52. The smallest absolute Gasteiger partial charge is 0.0934 e. The van der Waals surface area contributed by atoms with Crippen LogP contribution in [0.15, 0.2) is 17.7 Å². The van der Waals surface area contributed by atoms with Crippen LogP contribution in [0.2, 0.25) is 4.34 Å². The number of rotatable bonds is 2. The maximum Gasteiger partial charge on any atom is 0.0934 e. The third-order valence-electron chi connectivity index (χ3n) is 1.19. The van der Waals surface area contributed by atoms with Crippen molar-refractivity contribution < 1.29 is 0 Å². The molecule has 1 aromatic heterocycles. The molecular weight excluding hydrogens is 244 g/mol. The van der Waals surface area contributed by atoms with Gasteiger partial charge in [-0.2, -0.15) is 0 Å². The number of hydrogen-bond acceptors (Lipinski definition) is 1. The van der Waals surface area contributed by atoms with Gasteiger partial charge in [0.15, 0.2) is 0 Å². The van der Waals surface area contributed by atoms with E-state index in [4.69, 9.17) is 11.6 Å². The van der Waals surface area contributed by atoms with Crippen LogP contribution in [0.3, 0.4) is 0 Å². The van der Waals surface area contributed by atoms with E-state index in [0.29, 0.717) is 0 Å². The third kappa shape index (κ3) is 2.97. The summed E-state index contributed by atoms with van der Waals surface area (Å²) in [5.74, 6) is 0. The van der Waals surface area contributed by atoms with Crippen molar-refractivity contribution in [1.29, 1.82) is 0 Å².